The zero-order chi connectivity index (χ0) is 26.7. The number of ether oxygens (including phenoxy) is 2. The van der Waals surface area contributed by atoms with Gasteiger partial charge >= 0.3 is 12.1 Å². The Kier molecular flexibility index (Phi) is 8.39. The first-order valence-corrected chi connectivity index (χ1v) is 12.5. The van der Waals surface area contributed by atoms with Gasteiger partial charge in [-0.25, -0.2) is 0 Å². The Labute approximate surface area is 214 Å². The number of benzene rings is 2. The number of pyridine rings is 1. The highest BCUT2D eigenvalue weighted by molar-refractivity contribution is 8.00. The smallest absolute Gasteiger partial charge is 0.416 e. The lowest BCUT2D eigenvalue weighted by molar-refractivity contribution is -0.151. The molecule has 0 saturated heterocycles. The first-order chi connectivity index (χ1) is 16.7. The molecule has 1 heterocycles. The van der Waals surface area contributed by atoms with Crippen molar-refractivity contribution in [3.8, 4) is 17.0 Å². The third-order valence-corrected chi connectivity index (χ3v) is 6.45. The number of hydrogen-bond donors (Lipinski definition) is 0. The maximum absolute atomic E-state index is 12.8. The summed E-state index contributed by atoms with van der Waals surface area (Å²) in [6.07, 6.45) is -4.66. The number of hydrogen-bond acceptors (Lipinski definition) is 5. The van der Waals surface area contributed by atoms with Crippen LogP contribution in [0.4, 0.5) is 13.2 Å². The zero-order valence-electron chi connectivity index (χ0n) is 21.2. The normalized spacial score (nSPS) is 12.8. The molecule has 36 heavy (non-hydrogen) atoms. The maximum atomic E-state index is 12.8. The molecule has 0 aliphatic heterocycles. The Morgan fingerprint density at radius 3 is 2.22 bits per heavy atom. The molecular formula is C28H30F3NO3S. The molecule has 1 aromatic heterocycles. The monoisotopic (exact) mass is 517 g/mol. The summed E-state index contributed by atoms with van der Waals surface area (Å²) in [6, 6.07) is 14.3. The molecule has 2 aromatic carbocycles. The molecule has 192 valence electrons. The molecule has 0 aliphatic rings. The highest BCUT2D eigenvalue weighted by Gasteiger charge is 2.30. The molecule has 4 nitrogen and oxygen atoms in total. The SMILES string of the molecule is Cc1cc(OC(C)c2ccc(-c3ccc(C(F)(F)F)cc3)nc2C)ccc1SCC(=O)OC(C)(C)C. The van der Waals surface area contributed by atoms with Gasteiger partial charge in [0.1, 0.15) is 17.5 Å². The average molecular weight is 518 g/mol. The van der Waals surface area contributed by atoms with E-state index in [9.17, 15) is 18.0 Å². The second-order valence-corrected chi connectivity index (χ2v) is 10.5. The number of nitrogens with zero attached hydrogens (tertiary/aromatic N) is 1. The molecule has 0 radical (unpaired) electrons. The standard InChI is InChI=1S/C28H30F3NO3S/c1-17-15-22(11-14-25(17)36-16-26(33)35-27(4,5)6)34-19(3)23-12-13-24(32-18(23)2)20-7-9-21(10-8-20)28(29,30)31/h7-15,19H,16H2,1-6H3. The number of aryl methyl sites for hydroxylation is 2. The van der Waals surface area contributed by atoms with Crippen molar-refractivity contribution in [2.75, 3.05) is 5.75 Å². The molecular weight excluding hydrogens is 487 g/mol. The van der Waals surface area contributed by atoms with Crippen molar-refractivity contribution in [2.24, 2.45) is 0 Å². The molecule has 8 heteroatoms. The van der Waals surface area contributed by atoms with Crippen LogP contribution in [0.1, 0.15) is 56.2 Å². The molecule has 0 N–H and O–H groups in total. The van der Waals surface area contributed by atoms with Gasteiger partial charge in [-0.3, -0.25) is 9.78 Å². The van der Waals surface area contributed by atoms with Crippen LogP contribution in [0, 0.1) is 13.8 Å². The number of rotatable bonds is 7. The minimum atomic E-state index is -4.37. The summed E-state index contributed by atoms with van der Waals surface area (Å²) in [5.74, 6) is 0.654. The number of thioether (sulfide) groups is 1. The molecule has 1 unspecified atom stereocenters. The fourth-order valence-corrected chi connectivity index (χ4v) is 4.41. The van der Waals surface area contributed by atoms with E-state index in [2.05, 4.69) is 4.98 Å². The van der Waals surface area contributed by atoms with Crippen LogP contribution in [0.5, 0.6) is 5.75 Å². The highest BCUT2D eigenvalue weighted by atomic mass is 32.2. The summed E-state index contributed by atoms with van der Waals surface area (Å²) in [5.41, 5.74) is 2.61. The molecule has 0 aliphatic carbocycles. The van der Waals surface area contributed by atoms with Gasteiger partial charge in [-0.2, -0.15) is 13.2 Å². The largest absolute Gasteiger partial charge is 0.486 e. The lowest BCUT2D eigenvalue weighted by Crippen LogP contribution is -2.24. The number of carbonyl (C=O) groups is 1. The van der Waals surface area contributed by atoms with E-state index >= 15 is 0 Å². The second-order valence-electron chi connectivity index (χ2n) is 9.51. The highest BCUT2D eigenvalue weighted by Crippen LogP contribution is 2.32. The van der Waals surface area contributed by atoms with E-state index < -0.39 is 17.3 Å². The Morgan fingerprint density at radius 1 is 1.00 bits per heavy atom. The van der Waals surface area contributed by atoms with E-state index in [1.807, 2.05) is 65.8 Å². The van der Waals surface area contributed by atoms with Crippen molar-refractivity contribution in [2.45, 2.75) is 64.3 Å². The summed E-state index contributed by atoms with van der Waals surface area (Å²) in [7, 11) is 0. The van der Waals surface area contributed by atoms with Gasteiger partial charge in [0.15, 0.2) is 0 Å². The van der Waals surface area contributed by atoms with Gasteiger partial charge in [0, 0.05) is 21.7 Å². The van der Waals surface area contributed by atoms with Crippen LogP contribution in [-0.2, 0) is 15.7 Å². The molecule has 0 spiro atoms. The fraction of sp³-hybridized carbons (Fsp3) is 0.357. The van der Waals surface area contributed by atoms with Gasteiger partial charge in [0.2, 0.25) is 0 Å². The van der Waals surface area contributed by atoms with Gasteiger partial charge in [-0.05, 0) is 83.5 Å². The Balaban J connectivity index is 1.66. The zero-order valence-corrected chi connectivity index (χ0v) is 22.0. The molecule has 3 rings (SSSR count). The third kappa shape index (κ3) is 7.50. The molecule has 3 aromatic rings. The van der Waals surface area contributed by atoms with Crippen LogP contribution < -0.4 is 4.74 Å². The van der Waals surface area contributed by atoms with E-state index in [-0.39, 0.29) is 17.8 Å². The molecule has 0 amide bonds. The van der Waals surface area contributed by atoms with Crippen LogP contribution >= 0.6 is 11.8 Å². The van der Waals surface area contributed by atoms with Crippen molar-refractivity contribution >= 4 is 17.7 Å². The van der Waals surface area contributed by atoms with E-state index in [0.29, 0.717) is 17.0 Å². The number of halogens is 3. The average Bonchev–Trinajstić information content (AvgIpc) is 2.76. The van der Waals surface area contributed by atoms with E-state index in [1.165, 1.54) is 23.9 Å². The molecule has 0 saturated carbocycles. The lowest BCUT2D eigenvalue weighted by atomic mass is 10.0. The van der Waals surface area contributed by atoms with E-state index in [1.54, 1.807) is 6.07 Å². The van der Waals surface area contributed by atoms with E-state index in [4.69, 9.17) is 9.47 Å². The first kappa shape index (κ1) is 27.6. The van der Waals surface area contributed by atoms with Crippen molar-refractivity contribution in [1.29, 1.82) is 0 Å². The number of aromatic nitrogens is 1. The lowest BCUT2D eigenvalue weighted by Gasteiger charge is -2.20. The third-order valence-electron chi connectivity index (χ3n) is 5.30. The summed E-state index contributed by atoms with van der Waals surface area (Å²) in [5, 5.41) is 0. The summed E-state index contributed by atoms with van der Waals surface area (Å²) >= 11 is 1.42. The van der Waals surface area contributed by atoms with Gasteiger partial charge < -0.3 is 9.47 Å². The molecule has 0 fully saturated rings. The summed E-state index contributed by atoms with van der Waals surface area (Å²) in [6.45, 7) is 11.3. The number of esters is 1. The quantitative estimate of drug-likeness (QED) is 0.235. The van der Waals surface area contributed by atoms with Crippen molar-refractivity contribution < 1.29 is 27.4 Å². The second kappa shape index (κ2) is 10.9. The van der Waals surface area contributed by atoms with Crippen molar-refractivity contribution in [3.63, 3.8) is 0 Å². The van der Waals surface area contributed by atoms with Gasteiger partial charge in [0.05, 0.1) is 17.0 Å². The molecule has 1 atom stereocenters. The number of carbonyl (C=O) groups excluding carboxylic acids is 1. The van der Waals surface area contributed by atoms with Crippen LogP contribution in [-0.4, -0.2) is 22.3 Å². The maximum Gasteiger partial charge on any atom is 0.416 e. The van der Waals surface area contributed by atoms with Crippen LogP contribution in [0.25, 0.3) is 11.3 Å². The van der Waals surface area contributed by atoms with Crippen LogP contribution in [0.2, 0.25) is 0 Å². The van der Waals surface area contributed by atoms with E-state index in [0.717, 1.165) is 33.8 Å². The summed E-state index contributed by atoms with van der Waals surface area (Å²) in [4.78, 5) is 17.6. The Morgan fingerprint density at radius 2 is 1.67 bits per heavy atom. The molecule has 0 bridgehead atoms. The van der Waals surface area contributed by atoms with Crippen LogP contribution in [0.15, 0.2) is 59.5 Å². The van der Waals surface area contributed by atoms with Gasteiger partial charge in [-0.1, -0.05) is 18.2 Å². The Hall–Kier alpha value is -3.00. The minimum Gasteiger partial charge on any atom is -0.486 e. The minimum absolute atomic E-state index is 0.227. The van der Waals surface area contributed by atoms with Gasteiger partial charge in [0.25, 0.3) is 0 Å². The summed E-state index contributed by atoms with van der Waals surface area (Å²) < 4.78 is 50.0. The van der Waals surface area contributed by atoms with Gasteiger partial charge in [-0.15, -0.1) is 11.8 Å². The Bertz CT molecular complexity index is 1220. The predicted molar refractivity (Wildman–Crippen MR) is 136 cm³/mol. The topological polar surface area (TPSA) is 48.4 Å². The number of alkyl halides is 3. The van der Waals surface area contributed by atoms with Crippen molar-refractivity contribution in [1.82, 2.24) is 4.98 Å². The van der Waals surface area contributed by atoms with Crippen molar-refractivity contribution in [3.05, 3.63) is 77.0 Å². The first-order valence-electron chi connectivity index (χ1n) is 11.5. The fourth-order valence-electron chi connectivity index (χ4n) is 3.62. The van der Waals surface area contributed by atoms with Crippen LogP contribution in [0.3, 0.4) is 0 Å². The predicted octanol–water partition coefficient (Wildman–Crippen LogP) is 7.96.